The first-order valence-corrected chi connectivity index (χ1v) is 6.01. The lowest BCUT2D eigenvalue weighted by atomic mass is 10.2. The second-order valence-corrected chi connectivity index (χ2v) is 4.71. The molecule has 1 aromatic carbocycles. The van der Waals surface area contributed by atoms with Crippen molar-refractivity contribution in [3.8, 4) is 0 Å². The third-order valence-electron chi connectivity index (χ3n) is 2.94. The van der Waals surface area contributed by atoms with Crippen LogP contribution in [0, 0.1) is 11.6 Å². The van der Waals surface area contributed by atoms with E-state index < -0.39 is 11.6 Å². The van der Waals surface area contributed by atoms with Crippen molar-refractivity contribution < 1.29 is 8.78 Å². The molecular formula is C13H18F2N2. The molecule has 0 heterocycles. The van der Waals surface area contributed by atoms with E-state index in [0.717, 1.165) is 18.7 Å². The van der Waals surface area contributed by atoms with Crippen molar-refractivity contribution in [2.24, 2.45) is 0 Å². The predicted octanol–water partition coefficient (Wildman–Crippen LogP) is 2.15. The SMILES string of the molecule is CN(CCNC1CC1)Cc1ccc(F)c(F)c1. The molecule has 0 atom stereocenters. The Balaban J connectivity index is 1.75. The van der Waals surface area contributed by atoms with Crippen LogP contribution in [-0.4, -0.2) is 31.1 Å². The van der Waals surface area contributed by atoms with Gasteiger partial charge in [-0.3, -0.25) is 0 Å². The van der Waals surface area contributed by atoms with E-state index in [2.05, 4.69) is 10.2 Å². The van der Waals surface area contributed by atoms with Crippen LogP contribution in [-0.2, 0) is 6.54 Å². The Morgan fingerprint density at radius 2 is 2.06 bits per heavy atom. The van der Waals surface area contributed by atoms with Crippen molar-refractivity contribution in [1.82, 2.24) is 10.2 Å². The van der Waals surface area contributed by atoms with Crippen molar-refractivity contribution in [3.63, 3.8) is 0 Å². The van der Waals surface area contributed by atoms with E-state index in [1.54, 1.807) is 6.07 Å². The highest BCUT2D eigenvalue weighted by atomic mass is 19.2. The lowest BCUT2D eigenvalue weighted by Gasteiger charge is -2.17. The highest BCUT2D eigenvalue weighted by molar-refractivity contribution is 5.17. The van der Waals surface area contributed by atoms with Gasteiger partial charge in [0.15, 0.2) is 11.6 Å². The van der Waals surface area contributed by atoms with Crippen molar-refractivity contribution in [2.45, 2.75) is 25.4 Å². The fourth-order valence-electron chi connectivity index (χ4n) is 1.78. The van der Waals surface area contributed by atoms with E-state index >= 15 is 0 Å². The largest absolute Gasteiger partial charge is 0.313 e. The van der Waals surface area contributed by atoms with Crippen LogP contribution in [0.15, 0.2) is 18.2 Å². The van der Waals surface area contributed by atoms with Gasteiger partial charge in [0.05, 0.1) is 0 Å². The molecule has 94 valence electrons. The molecule has 0 unspecified atom stereocenters. The topological polar surface area (TPSA) is 15.3 Å². The van der Waals surface area contributed by atoms with Gasteiger partial charge in [-0.25, -0.2) is 8.78 Å². The lowest BCUT2D eigenvalue weighted by molar-refractivity contribution is 0.323. The third kappa shape index (κ3) is 4.06. The summed E-state index contributed by atoms with van der Waals surface area (Å²) < 4.78 is 25.7. The number of hydrogen-bond donors (Lipinski definition) is 1. The second-order valence-electron chi connectivity index (χ2n) is 4.71. The van der Waals surface area contributed by atoms with E-state index in [0.29, 0.717) is 12.6 Å². The Morgan fingerprint density at radius 3 is 2.71 bits per heavy atom. The Hall–Kier alpha value is -1.00. The number of halogens is 2. The first kappa shape index (κ1) is 12.5. The Labute approximate surface area is 101 Å². The molecule has 2 nitrogen and oxygen atoms in total. The lowest BCUT2D eigenvalue weighted by Crippen LogP contribution is -2.30. The minimum absolute atomic E-state index is 0.642. The summed E-state index contributed by atoms with van der Waals surface area (Å²) in [7, 11) is 1.98. The number of likely N-dealkylation sites (N-methyl/N-ethyl adjacent to an activating group) is 1. The zero-order valence-electron chi connectivity index (χ0n) is 10.0. The summed E-state index contributed by atoms with van der Waals surface area (Å²) in [6, 6.07) is 4.79. The fraction of sp³-hybridized carbons (Fsp3) is 0.538. The fourth-order valence-corrected chi connectivity index (χ4v) is 1.78. The van der Waals surface area contributed by atoms with E-state index in [1.807, 2.05) is 7.05 Å². The molecule has 0 aliphatic heterocycles. The van der Waals surface area contributed by atoms with Gasteiger partial charge in [-0.2, -0.15) is 0 Å². The Kier molecular flexibility index (Phi) is 4.07. The quantitative estimate of drug-likeness (QED) is 0.819. The average Bonchev–Trinajstić information content (AvgIpc) is 3.07. The summed E-state index contributed by atoms with van der Waals surface area (Å²) in [5.74, 6) is -1.56. The summed E-state index contributed by atoms with van der Waals surface area (Å²) in [6.45, 7) is 2.50. The van der Waals surface area contributed by atoms with Gasteiger partial charge >= 0.3 is 0 Å². The molecule has 4 heteroatoms. The van der Waals surface area contributed by atoms with E-state index in [9.17, 15) is 8.78 Å². The van der Waals surface area contributed by atoms with Crippen LogP contribution < -0.4 is 5.32 Å². The molecule has 2 rings (SSSR count). The maximum atomic E-state index is 13.0. The van der Waals surface area contributed by atoms with Gasteiger partial charge in [0.25, 0.3) is 0 Å². The molecule has 0 bridgehead atoms. The van der Waals surface area contributed by atoms with Crippen LogP contribution in [0.1, 0.15) is 18.4 Å². The molecule has 1 saturated carbocycles. The van der Waals surface area contributed by atoms with Gasteiger partial charge < -0.3 is 10.2 Å². The zero-order valence-corrected chi connectivity index (χ0v) is 10.0. The van der Waals surface area contributed by atoms with Gasteiger partial charge in [0.2, 0.25) is 0 Å². The first-order valence-electron chi connectivity index (χ1n) is 6.01. The summed E-state index contributed by atoms with van der Waals surface area (Å²) in [5, 5.41) is 3.42. The summed E-state index contributed by atoms with van der Waals surface area (Å²) in [6.07, 6.45) is 2.57. The minimum atomic E-state index is -0.785. The monoisotopic (exact) mass is 240 g/mol. The maximum absolute atomic E-state index is 13.0. The smallest absolute Gasteiger partial charge is 0.159 e. The maximum Gasteiger partial charge on any atom is 0.159 e. The Bertz CT molecular complexity index is 378. The van der Waals surface area contributed by atoms with Crippen LogP contribution in [0.5, 0.6) is 0 Å². The first-order chi connectivity index (χ1) is 8.15. The van der Waals surface area contributed by atoms with Crippen LogP contribution >= 0.6 is 0 Å². The average molecular weight is 240 g/mol. The molecule has 1 fully saturated rings. The van der Waals surface area contributed by atoms with Gasteiger partial charge in [-0.15, -0.1) is 0 Å². The summed E-state index contributed by atoms with van der Waals surface area (Å²) in [4.78, 5) is 2.10. The van der Waals surface area contributed by atoms with Crippen LogP contribution in [0.3, 0.4) is 0 Å². The van der Waals surface area contributed by atoms with E-state index in [-0.39, 0.29) is 0 Å². The van der Waals surface area contributed by atoms with Crippen LogP contribution in [0.25, 0.3) is 0 Å². The summed E-state index contributed by atoms with van der Waals surface area (Å²) in [5.41, 5.74) is 0.804. The molecule has 0 saturated heterocycles. The molecule has 0 radical (unpaired) electrons. The number of hydrogen-bond acceptors (Lipinski definition) is 2. The minimum Gasteiger partial charge on any atom is -0.313 e. The van der Waals surface area contributed by atoms with Crippen molar-refractivity contribution >= 4 is 0 Å². The van der Waals surface area contributed by atoms with Crippen molar-refractivity contribution in [2.75, 3.05) is 20.1 Å². The molecule has 1 N–H and O–H groups in total. The van der Waals surface area contributed by atoms with Gasteiger partial charge in [-0.1, -0.05) is 6.07 Å². The molecular weight excluding hydrogens is 222 g/mol. The standard InChI is InChI=1S/C13H18F2N2/c1-17(7-6-16-11-3-4-11)9-10-2-5-12(14)13(15)8-10/h2,5,8,11,16H,3-4,6-7,9H2,1H3. The molecule has 1 aliphatic carbocycles. The molecule has 0 spiro atoms. The highest BCUT2D eigenvalue weighted by Gasteiger charge is 2.19. The normalized spacial score (nSPS) is 15.5. The second kappa shape index (κ2) is 5.56. The van der Waals surface area contributed by atoms with E-state index in [1.165, 1.54) is 25.0 Å². The van der Waals surface area contributed by atoms with Crippen LogP contribution in [0.2, 0.25) is 0 Å². The number of benzene rings is 1. The van der Waals surface area contributed by atoms with E-state index in [4.69, 9.17) is 0 Å². The zero-order chi connectivity index (χ0) is 12.3. The molecule has 0 aromatic heterocycles. The number of nitrogens with one attached hydrogen (secondary N) is 1. The highest BCUT2D eigenvalue weighted by Crippen LogP contribution is 2.18. The predicted molar refractivity (Wildman–Crippen MR) is 63.7 cm³/mol. The summed E-state index contributed by atoms with van der Waals surface area (Å²) >= 11 is 0. The van der Waals surface area contributed by atoms with Gasteiger partial charge in [0, 0.05) is 25.7 Å². The van der Waals surface area contributed by atoms with Crippen LogP contribution in [0.4, 0.5) is 8.78 Å². The van der Waals surface area contributed by atoms with Gasteiger partial charge in [0.1, 0.15) is 0 Å². The Morgan fingerprint density at radius 1 is 1.29 bits per heavy atom. The molecule has 0 amide bonds. The number of rotatable bonds is 6. The number of nitrogens with zero attached hydrogens (tertiary/aromatic N) is 1. The van der Waals surface area contributed by atoms with Gasteiger partial charge in [-0.05, 0) is 37.6 Å². The molecule has 1 aromatic rings. The molecule has 1 aliphatic rings. The third-order valence-corrected chi connectivity index (χ3v) is 2.94. The van der Waals surface area contributed by atoms with Crippen molar-refractivity contribution in [3.05, 3.63) is 35.4 Å². The molecule has 17 heavy (non-hydrogen) atoms. The van der Waals surface area contributed by atoms with Crippen molar-refractivity contribution in [1.29, 1.82) is 0 Å².